The Morgan fingerprint density at radius 1 is 1.03 bits per heavy atom. The molecule has 0 aromatic carbocycles. The molecule has 4 fully saturated rings. The number of Topliss-reactive ketones (excluding diaryl/α,β-unsaturated/α-hetero) is 1. The lowest BCUT2D eigenvalue weighted by molar-refractivity contribution is -0.247. The molecule has 6 heteroatoms. The summed E-state index contributed by atoms with van der Waals surface area (Å²) in [5.74, 6) is -0.129. The van der Waals surface area contributed by atoms with Gasteiger partial charge in [-0.2, -0.15) is 5.26 Å². The fourth-order valence-electron chi connectivity index (χ4n) is 10.6. The van der Waals surface area contributed by atoms with Crippen LogP contribution in [0.25, 0.3) is 0 Å². The van der Waals surface area contributed by atoms with Crippen molar-refractivity contribution in [3.63, 3.8) is 0 Å². The van der Waals surface area contributed by atoms with E-state index in [1.807, 2.05) is 19.9 Å². The van der Waals surface area contributed by atoms with Crippen LogP contribution in [-0.4, -0.2) is 36.4 Å². The van der Waals surface area contributed by atoms with Gasteiger partial charge >= 0.3 is 5.97 Å². The third kappa shape index (κ3) is 3.43. The van der Waals surface area contributed by atoms with Crippen LogP contribution in [0.5, 0.6) is 0 Å². The van der Waals surface area contributed by atoms with E-state index in [9.17, 15) is 20.0 Å². The van der Waals surface area contributed by atoms with Crippen molar-refractivity contribution >= 4 is 11.8 Å². The molecule has 6 nitrogen and oxygen atoms in total. The molecule has 0 bridgehead atoms. The van der Waals surface area contributed by atoms with Crippen LogP contribution in [0.1, 0.15) is 99.8 Å². The van der Waals surface area contributed by atoms with Gasteiger partial charge in [0.1, 0.15) is 6.07 Å². The van der Waals surface area contributed by atoms with Gasteiger partial charge in [-0.3, -0.25) is 9.59 Å². The number of hydrogen-bond donors (Lipinski definition) is 1. The fraction of sp³-hybridized carbons (Fsp3) is 0.844. The molecule has 1 N–H and O–H groups in total. The highest BCUT2D eigenvalue weighted by atomic mass is 16.6. The molecular weight excluding hydrogens is 478 g/mol. The minimum Gasteiger partial charge on any atom is -0.469 e. The first-order chi connectivity index (χ1) is 17.5. The number of esters is 1. The summed E-state index contributed by atoms with van der Waals surface area (Å²) in [4.78, 5) is 26.7. The number of carbonyl (C=O) groups is 2. The number of ketones is 1. The largest absolute Gasteiger partial charge is 0.469 e. The van der Waals surface area contributed by atoms with Gasteiger partial charge < -0.3 is 14.6 Å². The van der Waals surface area contributed by atoms with Crippen molar-refractivity contribution in [1.29, 1.82) is 5.26 Å². The quantitative estimate of drug-likeness (QED) is 0.423. The second-order valence-corrected chi connectivity index (χ2v) is 15.4. The number of aliphatic hydroxyl groups is 1. The number of hydrogen-bond acceptors (Lipinski definition) is 6. The molecule has 38 heavy (non-hydrogen) atoms. The van der Waals surface area contributed by atoms with Gasteiger partial charge in [0.2, 0.25) is 0 Å². The number of fused-ring (bicyclic) bond motifs is 7. The number of nitrogens with zero attached hydrogens (tertiary/aromatic N) is 1. The second-order valence-electron chi connectivity index (χ2n) is 15.4. The van der Waals surface area contributed by atoms with E-state index in [0.29, 0.717) is 6.42 Å². The van der Waals surface area contributed by atoms with Gasteiger partial charge in [0, 0.05) is 17.8 Å². The Labute approximate surface area is 228 Å². The molecule has 210 valence electrons. The molecule has 9 atom stereocenters. The average molecular weight is 526 g/mol. The van der Waals surface area contributed by atoms with E-state index in [0.717, 1.165) is 44.9 Å². The minimum atomic E-state index is -0.972. The predicted molar refractivity (Wildman–Crippen MR) is 143 cm³/mol. The van der Waals surface area contributed by atoms with Crippen LogP contribution in [0.2, 0.25) is 0 Å². The number of ether oxygens (including phenoxy) is 2. The molecule has 5 rings (SSSR count). The molecule has 3 saturated carbocycles. The molecular formula is C32H47NO5. The number of aliphatic hydroxyl groups excluding tert-OH is 1. The van der Waals surface area contributed by atoms with E-state index in [-0.39, 0.29) is 57.4 Å². The van der Waals surface area contributed by atoms with Gasteiger partial charge in [0.25, 0.3) is 0 Å². The highest BCUT2D eigenvalue weighted by molar-refractivity contribution is 6.04. The first-order valence-electron chi connectivity index (χ1n) is 14.6. The molecule has 5 aliphatic rings. The van der Waals surface area contributed by atoms with E-state index in [1.54, 1.807) is 0 Å². The van der Waals surface area contributed by atoms with Gasteiger partial charge in [-0.05, 0) is 78.4 Å². The Hall–Kier alpha value is -1.71. The summed E-state index contributed by atoms with van der Waals surface area (Å²) in [6.45, 7) is 15.5. The molecule has 0 aromatic rings. The van der Waals surface area contributed by atoms with Crippen molar-refractivity contribution in [3.8, 4) is 6.07 Å². The van der Waals surface area contributed by atoms with Gasteiger partial charge in [-0.1, -0.05) is 54.5 Å². The standard InChI is InChI=1S/C32H47NO5/c1-27(2)11-13-32(26(36)37-8)14-12-31(7)25(20(32)17-27)38-23(34)15-22-29(5)16-19(18-33)24(35)28(3,4)21(29)9-10-30(22,31)6/h16,20-23,25,34H,9-15,17H2,1-8H3/t20-,21+,22-,23?,25-,29+,30-,31-,32+/m1/s1. The third-order valence-corrected chi connectivity index (χ3v) is 13.0. The number of allylic oxidation sites excluding steroid dienone is 2. The fourth-order valence-corrected chi connectivity index (χ4v) is 10.6. The van der Waals surface area contributed by atoms with E-state index < -0.39 is 22.5 Å². The zero-order valence-corrected chi connectivity index (χ0v) is 24.6. The van der Waals surface area contributed by atoms with Gasteiger partial charge in [-0.15, -0.1) is 0 Å². The van der Waals surface area contributed by atoms with Crippen molar-refractivity contribution in [2.24, 2.45) is 50.2 Å². The molecule has 0 amide bonds. The molecule has 1 heterocycles. The summed E-state index contributed by atoms with van der Waals surface area (Å²) in [6, 6.07) is 2.20. The SMILES string of the molecule is COC(=O)[C@]12CCC(C)(C)C[C@@H]1[C@H]1OC(O)C[C@@H]3[C@@]4(C)C=C(C#N)C(=O)C(C)(C)[C@@H]4CC[C@@]3(C)[C@]1(C)CC2. The molecule has 1 aliphatic heterocycles. The van der Waals surface area contributed by atoms with Gasteiger partial charge in [0.15, 0.2) is 12.1 Å². The predicted octanol–water partition coefficient (Wildman–Crippen LogP) is 5.98. The van der Waals surface area contributed by atoms with Crippen molar-refractivity contribution in [2.45, 2.75) is 112 Å². The normalized spacial score (nSPS) is 49.1. The van der Waals surface area contributed by atoms with Gasteiger partial charge in [0.05, 0.1) is 24.2 Å². The van der Waals surface area contributed by atoms with Crippen LogP contribution in [0.3, 0.4) is 0 Å². The zero-order valence-electron chi connectivity index (χ0n) is 24.6. The van der Waals surface area contributed by atoms with Crippen molar-refractivity contribution < 1.29 is 24.2 Å². The molecule has 0 spiro atoms. The maximum atomic E-state index is 13.4. The Morgan fingerprint density at radius 3 is 2.32 bits per heavy atom. The monoisotopic (exact) mass is 525 g/mol. The lowest BCUT2D eigenvalue weighted by Gasteiger charge is -2.67. The summed E-state index contributed by atoms with van der Waals surface area (Å²) >= 11 is 0. The second kappa shape index (κ2) is 8.40. The third-order valence-electron chi connectivity index (χ3n) is 13.0. The van der Waals surface area contributed by atoms with Crippen LogP contribution in [0, 0.1) is 61.6 Å². The number of carbonyl (C=O) groups excluding carboxylic acids is 2. The Kier molecular flexibility index (Phi) is 6.15. The van der Waals surface area contributed by atoms with Crippen LogP contribution in [0.15, 0.2) is 11.6 Å². The van der Waals surface area contributed by atoms with E-state index in [1.165, 1.54) is 7.11 Å². The van der Waals surface area contributed by atoms with Crippen molar-refractivity contribution in [2.75, 3.05) is 7.11 Å². The lowest BCUT2D eigenvalue weighted by atomic mass is 9.36. The van der Waals surface area contributed by atoms with E-state index in [4.69, 9.17) is 9.47 Å². The Bertz CT molecular complexity index is 1120. The Balaban J connectivity index is 1.66. The Morgan fingerprint density at radius 2 is 1.68 bits per heavy atom. The lowest BCUT2D eigenvalue weighted by Crippen LogP contribution is -2.66. The molecule has 4 aliphatic carbocycles. The summed E-state index contributed by atoms with van der Waals surface area (Å²) in [6.07, 6.45) is 7.16. The van der Waals surface area contributed by atoms with Gasteiger partial charge in [-0.25, -0.2) is 0 Å². The van der Waals surface area contributed by atoms with Crippen LogP contribution >= 0.6 is 0 Å². The number of rotatable bonds is 1. The highest BCUT2D eigenvalue weighted by Gasteiger charge is 2.71. The van der Waals surface area contributed by atoms with Crippen molar-refractivity contribution in [3.05, 3.63) is 11.6 Å². The summed E-state index contributed by atoms with van der Waals surface area (Å²) in [7, 11) is 1.50. The van der Waals surface area contributed by atoms with E-state index >= 15 is 0 Å². The summed E-state index contributed by atoms with van der Waals surface area (Å²) in [5.41, 5.74) is -1.83. The summed E-state index contributed by atoms with van der Waals surface area (Å²) < 4.78 is 12.1. The molecule has 1 saturated heterocycles. The van der Waals surface area contributed by atoms with Crippen LogP contribution in [-0.2, 0) is 19.1 Å². The maximum absolute atomic E-state index is 13.4. The molecule has 0 radical (unpaired) electrons. The highest BCUT2D eigenvalue weighted by Crippen LogP contribution is 2.73. The maximum Gasteiger partial charge on any atom is 0.312 e. The minimum absolute atomic E-state index is 0.0247. The van der Waals surface area contributed by atoms with E-state index in [2.05, 4.69) is 40.7 Å². The van der Waals surface area contributed by atoms with Crippen LogP contribution < -0.4 is 0 Å². The molecule has 1 unspecified atom stereocenters. The average Bonchev–Trinajstić information content (AvgIpc) is 2.93. The smallest absolute Gasteiger partial charge is 0.312 e. The topological polar surface area (TPSA) is 96.6 Å². The molecule has 0 aromatic heterocycles. The summed E-state index contributed by atoms with van der Waals surface area (Å²) in [5, 5.41) is 21.4. The number of nitriles is 1. The first-order valence-corrected chi connectivity index (χ1v) is 14.6. The number of methoxy groups -OCH3 is 1. The van der Waals surface area contributed by atoms with Crippen LogP contribution in [0.4, 0.5) is 0 Å². The van der Waals surface area contributed by atoms with Crippen molar-refractivity contribution in [1.82, 2.24) is 0 Å². The first kappa shape index (κ1) is 27.8. The zero-order chi connectivity index (χ0) is 28.1.